The number of pyridine rings is 1. The Balaban J connectivity index is 1.88. The number of rotatable bonds is 9. The molecule has 0 spiro atoms. The first-order chi connectivity index (χ1) is 14.0. The van der Waals surface area contributed by atoms with Gasteiger partial charge in [-0.25, -0.2) is 13.8 Å². The summed E-state index contributed by atoms with van der Waals surface area (Å²) in [5, 5.41) is 0. The van der Waals surface area contributed by atoms with Crippen LogP contribution in [0.2, 0.25) is 0 Å². The standard InChI is InChI=1S/C21H23F2N3O3/c1-13-20(18(27)9-14(10-24)11-28-2)26-8-4-7-19(21(26)25-13)29-12-15-16(22)5-3-6-17(15)23/h3-8,14H,9-12,24H2,1-2H3. The van der Waals surface area contributed by atoms with E-state index in [0.717, 1.165) is 0 Å². The van der Waals surface area contributed by atoms with Crippen molar-refractivity contribution in [1.29, 1.82) is 0 Å². The number of nitrogens with zero attached hydrogens (tertiary/aromatic N) is 2. The molecule has 0 aliphatic heterocycles. The molecule has 0 radical (unpaired) electrons. The summed E-state index contributed by atoms with van der Waals surface area (Å²) in [6.07, 6.45) is 1.93. The number of aromatic nitrogens is 2. The quantitative estimate of drug-likeness (QED) is 0.555. The largest absolute Gasteiger partial charge is 0.485 e. The maximum Gasteiger partial charge on any atom is 0.181 e. The van der Waals surface area contributed by atoms with E-state index in [1.807, 2.05) is 0 Å². The second-order valence-electron chi connectivity index (χ2n) is 6.79. The van der Waals surface area contributed by atoms with Crippen LogP contribution in [-0.2, 0) is 11.3 Å². The summed E-state index contributed by atoms with van der Waals surface area (Å²) in [7, 11) is 1.56. The van der Waals surface area contributed by atoms with Crippen LogP contribution in [0.1, 0.15) is 28.2 Å². The maximum absolute atomic E-state index is 13.9. The van der Waals surface area contributed by atoms with E-state index in [1.54, 1.807) is 36.8 Å². The number of Topliss-reactive ketones (excluding diaryl/α,β-unsaturated/α-hetero) is 1. The summed E-state index contributed by atoms with van der Waals surface area (Å²) < 4.78 is 40.1. The molecule has 0 aliphatic rings. The zero-order valence-corrected chi connectivity index (χ0v) is 16.3. The molecule has 3 aromatic rings. The van der Waals surface area contributed by atoms with Crippen LogP contribution in [0.5, 0.6) is 5.75 Å². The molecule has 8 heteroatoms. The van der Waals surface area contributed by atoms with Gasteiger partial charge in [0, 0.05) is 25.6 Å². The van der Waals surface area contributed by atoms with Crippen molar-refractivity contribution in [3.63, 3.8) is 0 Å². The number of methoxy groups -OCH3 is 1. The summed E-state index contributed by atoms with van der Waals surface area (Å²) in [6.45, 7) is 2.16. The van der Waals surface area contributed by atoms with Crippen LogP contribution in [0, 0.1) is 24.5 Å². The number of hydrogen-bond donors (Lipinski definition) is 1. The van der Waals surface area contributed by atoms with Crippen LogP contribution in [0.3, 0.4) is 0 Å². The summed E-state index contributed by atoms with van der Waals surface area (Å²) in [5.41, 5.74) is 6.92. The van der Waals surface area contributed by atoms with Gasteiger partial charge in [-0.05, 0) is 37.7 Å². The average Bonchev–Trinajstić information content (AvgIpc) is 3.03. The molecule has 1 atom stereocenters. The predicted octanol–water partition coefficient (Wildman–Crippen LogP) is 3.29. The van der Waals surface area contributed by atoms with E-state index < -0.39 is 11.6 Å². The van der Waals surface area contributed by atoms with E-state index in [9.17, 15) is 13.6 Å². The highest BCUT2D eigenvalue weighted by Crippen LogP contribution is 2.25. The fourth-order valence-electron chi connectivity index (χ4n) is 3.23. The average molecular weight is 403 g/mol. The van der Waals surface area contributed by atoms with Crippen LogP contribution in [0.15, 0.2) is 36.5 Å². The van der Waals surface area contributed by atoms with E-state index in [1.165, 1.54) is 18.2 Å². The van der Waals surface area contributed by atoms with Gasteiger partial charge >= 0.3 is 0 Å². The van der Waals surface area contributed by atoms with Crippen molar-refractivity contribution >= 4 is 11.4 Å². The van der Waals surface area contributed by atoms with Gasteiger partial charge in [-0.15, -0.1) is 0 Å². The van der Waals surface area contributed by atoms with Crippen LogP contribution >= 0.6 is 0 Å². The summed E-state index contributed by atoms with van der Waals surface area (Å²) in [4.78, 5) is 17.3. The number of carbonyl (C=O) groups excluding carboxylic acids is 1. The monoisotopic (exact) mass is 403 g/mol. The molecule has 1 aromatic carbocycles. The number of fused-ring (bicyclic) bond motifs is 1. The molecule has 1 unspecified atom stereocenters. The normalized spacial score (nSPS) is 12.3. The lowest BCUT2D eigenvalue weighted by molar-refractivity contribution is 0.0906. The number of benzene rings is 1. The van der Waals surface area contributed by atoms with Crippen molar-refractivity contribution in [3.05, 3.63) is 65.1 Å². The van der Waals surface area contributed by atoms with E-state index >= 15 is 0 Å². The van der Waals surface area contributed by atoms with Gasteiger partial charge < -0.3 is 15.2 Å². The third-order valence-electron chi connectivity index (χ3n) is 4.70. The van der Waals surface area contributed by atoms with Gasteiger partial charge in [-0.3, -0.25) is 9.20 Å². The molecular formula is C21H23F2N3O3. The van der Waals surface area contributed by atoms with E-state index in [4.69, 9.17) is 15.2 Å². The minimum Gasteiger partial charge on any atom is -0.485 e. The first-order valence-corrected chi connectivity index (χ1v) is 9.21. The van der Waals surface area contributed by atoms with Gasteiger partial charge in [0.05, 0.1) is 17.9 Å². The van der Waals surface area contributed by atoms with Crippen molar-refractivity contribution in [2.75, 3.05) is 20.3 Å². The number of halogens is 2. The molecule has 2 heterocycles. The highest BCUT2D eigenvalue weighted by Gasteiger charge is 2.22. The fraction of sp³-hybridized carbons (Fsp3) is 0.333. The molecule has 2 aromatic heterocycles. The highest BCUT2D eigenvalue weighted by atomic mass is 19.1. The molecule has 0 amide bonds. The Morgan fingerprint density at radius 3 is 2.62 bits per heavy atom. The number of nitrogens with two attached hydrogens (primary N) is 1. The van der Waals surface area contributed by atoms with Crippen molar-refractivity contribution in [3.8, 4) is 5.75 Å². The minimum atomic E-state index is -0.682. The molecule has 0 saturated heterocycles. The molecule has 6 nitrogen and oxygen atoms in total. The van der Waals surface area contributed by atoms with Gasteiger partial charge in [0.2, 0.25) is 0 Å². The van der Waals surface area contributed by atoms with Gasteiger partial charge in [0.25, 0.3) is 0 Å². The Labute approximate surface area is 167 Å². The Hall–Kier alpha value is -2.84. The first-order valence-electron chi connectivity index (χ1n) is 9.21. The Morgan fingerprint density at radius 2 is 1.97 bits per heavy atom. The molecule has 3 rings (SSSR count). The number of hydrogen-bond acceptors (Lipinski definition) is 5. The molecular weight excluding hydrogens is 380 g/mol. The zero-order valence-electron chi connectivity index (χ0n) is 16.3. The molecule has 0 saturated carbocycles. The van der Waals surface area contributed by atoms with Crippen LogP contribution in [0.4, 0.5) is 8.78 Å². The third kappa shape index (κ3) is 4.44. The lowest BCUT2D eigenvalue weighted by atomic mass is 10.0. The Bertz CT molecular complexity index is 1000. The molecule has 2 N–H and O–H groups in total. The van der Waals surface area contributed by atoms with E-state index in [0.29, 0.717) is 35.9 Å². The van der Waals surface area contributed by atoms with E-state index in [-0.39, 0.29) is 30.3 Å². The smallest absolute Gasteiger partial charge is 0.181 e. The van der Waals surface area contributed by atoms with Gasteiger partial charge in [0.15, 0.2) is 17.2 Å². The number of imidazole rings is 1. The predicted molar refractivity (Wildman–Crippen MR) is 104 cm³/mol. The number of carbonyl (C=O) groups is 1. The number of ketones is 1. The summed E-state index contributed by atoms with van der Waals surface area (Å²) in [5.74, 6) is -1.25. The lowest BCUT2D eigenvalue weighted by Crippen LogP contribution is -2.23. The molecule has 29 heavy (non-hydrogen) atoms. The molecule has 0 bridgehead atoms. The SMILES string of the molecule is COCC(CN)CC(=O)c1c(C)nc2c(OCc3c(F)cccc3F)cccn12. The minimum absolute atomic E-state index is 0.0964. The number of aryl methyl sites for hydroxylation is 1. The van der Waals surface area contributed by atoms with Crippen LogP contribution < -0.4 is 10.5 Å². The Kier molecular flexibility index (Phi) is 6.56. The highest BCUT2D eigenvalue weighted by molar-refractivity contribution is 5.96. The van der Waals surface area contributed by atoms with Crippen molar-refractivity contribution in [2.24, 2.45) is 11.7 Å². The van der Waals surface area contributed by atoms with Gasteiger partial charge in [-0.1, -0.05) is 6.07 Å². The first kappa shape index (κ1) is 20.9. The van der Waals surface area contributed by atoms with Gasteiger partial charge in [-0.2, -0.15) is 0 Å². The van der Waals surface area contributed by atoms with Crippen LogP contribution in [-0.4, -0.2) is 35.4 Å². The van der Waals surface area contributed by atoms with Crippen LogP contribution in [0.25, 0.3) is 5.65 Å². The fourth-order valence-corrected chi connectivity index (χ4v) is 3.23. The van der Waals surface area contributed by atoms with Crippen molar-refractivity contribution < 1.29 is 23.0 Å². The topological polar surface area (TPSA) is 78.9 Å². The Morgan fingerprint density at radius 1 is 1.24 bits per heavy atom. The second-order valence-corrected chi connectivity index (χ2v) is 6.79. The maximum atomic E-state index is 13.9. The van der Waals surface area contributed by atoms with Crippen molar-refractivity contribution in [2.45, 2.75) is 20.0 Å². The van der Waals surface area contributed by atoms with Crippen molar-refractivity contribution in [1.82, 2.24) is 9.38 Å². The lowest BCUT2D eigenvalue weighted by Gasteiger charge is -2.13. The summed E-state index contributed by atoms with van der Waals surface area (Å²) in [6, 6.07) is 6.97. The molecule has 0 aliphatic carbocycles. The van der Waals surface area contributed by atoms with E-state index in [2.05, 4.69) is 4.98 Å². The molecule has 0 fully saturated rings. The zero-order chi connectivity index (χ0) is 21.0. The summed E-state index contributed by atoms with van der Waals surface area (Å²) >= 11 is 0. The molecule has 154 valence electrons. The number of ether oxygens (including phenoxy) is 2. The third-order valence-corrected chi connectivity index (χ3v) is 4.70. The van der Waals surface area contributed by atoms with Gasteiger partial charge in [0.1, 0.15) is 23.9 Å². The second kappa shape index (κ2) is 9.11.